The Morgan fingerprint density at radius 1 is 1.32 bits per heavy atom. The van der Waals surface area contributed by atoms with E-state index in [9.17, 15) is 4.79 Å². The van der Waals surface area contributed by atoms with Gasteiger partial charge in [0.2, 0.25) is 0 Å². The van der Waals surface area contributed by atoms with Gasteiger partial charge in [0.15, 0.2) is 0 Å². The molecule has 0 fully saturated rings. The molecule has 19 heavy (non-hydrogen) atoms. The normalized spacial score (nSPS) is 11.1. The van der Waals surface area contributed by atoms with Gasteiger partial charge in [-0.2, -0.15) is 0 Å². The smallest absolute Gasteiger partial charge is 0.251 e. The summed E-state index contributed by atoms with van der Waals surface area (Å²) in [5.74, 6) is 0.456. The summed E-state index contributed by atoms with van der Waals surface area (Å²) in [6, 6.07) is 7.93. The monoisotopic (exact) mass is 282 g/mol. The van der Waals surface area contributed by atoms with E-state index in [-0.39, 0.29) is 5.91 Å². The van der Waals surface area contributed by atoms with Gasteiger partial charge in [0.25, 0.3) is 5.91 Å². The summed E-state index contributed by atoms with van der Waals surface area (Å²) in [4.78, 5) is 14.1. The molecule has 0 aromatic heterocycles. The molecule has 1 aromatic carbocycles. The number of carbonyl (C=O) groups excluding carboxylic acids is 1. The van der Waals surface area contributed by atoms with Crippen molar-refractivity contribution in [2.75, 3.05) is 20.1 Å². The fourth-order valence-electron chi connectivity index (χ4n) is 1.64. The largest absolute Gasteiger partial charge is 0.352 e. The lowest BCUT2D eigenvalue weighted by atomic mass is 10.1. The first-order valence-electron chi connectivity index (χ1n) is 6.68. The van der Waals surface area contributed by atoms with Crippen LogP contribution in [0, 0.1) is 0 Å². The molecule has 0 aliphatic carbocycles. The van der Waals surface area contributed by atoms with Crippen LogP contribution in [0.25, 0.3) is 0 Å². The SMILES string of the molecule is CC(C)N(C)CCCNC(=O)c1ccc(CCl)cc1. The van der Waals surface area contributed by atoms with Gasteiger partial charge in [-0.25, -0.2) is 0 Å². The molecule has 0 unspecified atom stereocenters. The van der Waals surface area contributed by atoms with Crippen LogP contribution in [0.4, 0.5) is 0 Å². The molecule has 0 heterocycles. The molecule has 0 radical (unpaired) electrons. The molecule has 0 saturated carbocycles. The molecule has 1 aromatic rings. The quantitative estimate of drug-likeness (QED) is 0.616. The first-order chi connectivity index (χ1) is 9.04. The Morgan fingerprint density at radius 2 is 1.95 bits per heavy atom. The summed E-state index contributed by atoms with van der Waals surface area (Å²) in [7, 11) is 2.09. The van der Waals surface area contributed by atoms with E-state index in [1.54, 1.807) is 0 Å². The molecule has 0 aliphatic heterocycles. The molecule has 1 N–H and O–H groups in total. The highest BCUT2D eigenvalue weighted by Gasteiger charge is 2.06. The molecule has 0 atom stereocenters. The van der Waals surface area contributed by atoms with E-state index in [1.165, 1.54) is 0 Å². The maximum absolute atomic E-state index is 11.9. The number of benzene rings is 1. The number of rotatable bonds is 7. The molecule has 0 saturated heterocycles. The van der Waals surface area contributed by atoms with E-state index < -0.39 is 0 Å². The second-order valence-corrected chi connectivity index (χ2v) is 5.28. The number of amides is 1. The van der Waals surface area contributed by atoms with Crippen molar-refractivity contribution in [2.45, 2.75) is 32.2 Å². The number of hydrogen-bond acceptors (Lipinski definition) is 2. The van der Waals surface area contributed by atoms with Crippen LogP contribution in [0.2, 0.25) is 0 Å². The van der Waals surface area contributed by atoms with Crippen molar-refractivity contribution in [3.63, 3.8) is 0 Å². The van der Waals surface area contributed by atoms with Gasteiger partial charge in [-0.3, -0.25) is 4.79 Å². The Labute approximate surface area is 120 Å². The van der Waals surface area contributed by atoms with Gasteiger partial charge in [-0.1, -0.05) is 12.1 Å². The van der Waals surface area contributed by atoms with E-state index in [0.717, 1.165) is 18.5 Å². The van der Waals surface area contributed by atoms with Crippen LogP contribution in [0.15, 0.2) is 24.3 Å². The maximum Gasteiger partial charge on any atom is 0.251 e. The fourth-order valence-corrected chi connectivity index (χ4v) is 1.81. The molecule has 1 rings (SSSR count). The van der Waals surface area contributed by atoms with Gasteiger partial charge in [-0.05, 0) is 51.6 Å². The zero-order valence-electron chi connectivity index (χ0n) is 11.9. The van der Waals surface area contributed by atoms with E-state index in [4.69, 9.17) is 11.6 Å². The summed E-state index contributed by atoms with van der Waals surface area (Å²) >= 11 is 5.71. The second-order valence-electron chi connectivity index (χ2n) is 5.01. The summed E-state index contributed by atoms with van der Waals surface area (Å²) in [5, 5.41) is 2.93. The third-order valence-corrected chi connectivity index (χ3v) is 3.53. The average Bonchev–Trinajstić information content (AvgIpc) is 2.43. The lowest BCUT2D eigenvalue weighted by Gasteiger charge is -2.20. The number of carbonyl (C=O) groups is 1. The van der Waals surface area contributed by atoms with Crippen molar-refractivity contribution < 1.29 is 4.79 Å². The van der Waals surface area contributed by atoms with Gasteiger partial charge in [0.05, 0.1) is 0 Å². The van der Waals surface area contributed by atoms with Gasteiger partial charge < -0.3 is 10.2 Å². The van der Waals surface area contributed by atoms with Crippen molar-refractivity contribution in [3.05, 3.63) is 35.4 Å². The zero-order chi connectivity index (χ0) is 14.3. The van der Waals surface area contributed by atoms with E-state index in [0.29, 0.717) is 24.0 Å². The van der Waals surface area contributed by atoms with Crippen LogP contribution in [0.5, 0.6) is 0 Å². The summed E-state index contributed by atoms with van der Waals surface area (Å²) in [6.45, 7) is 6.02. The summed E-state index contributed by atoms with van der Waals surface area (Å²) < 4.78 is 0. The number of nitrogens with zero attached hydrogens (tertiary/aromatic N) is 1. The van der Waals surface area contributed by atoms with Crippen LogP contribution in [-0.4, -0.2) is 37.0 Å². The van der Waals surface area contributed by atoms with Crippen LogP contribution in [-0.2, 0) is 5.88 Å². The van der Waals surface area contributed by atoms with E-state index >= 15 is 0 Å². The van der Waals surface area contributed by atoms with Crippen LogP contribution in [0.3, 0.4) is 0 Å². The molecule has 0 bridgehead atoms. The van der Waals surface area contributed by atoms with Crippen LogP contribution in [0.1, 0.15) is 36.2 Å². The third-order valence-electron chi connectivity index (χ3n) is 3.23. The Balaban J connectivity index is 2.31. The predicted molar refractivity (Wildman–Crippen MR) is 80.7 cm³/mol. The molecule has 3 nitrogen and oxygen atoms in total. The van der Waals surface area contributed by atoms with Crippen molar-refractivity contribution in [1.29, 1.82) is 0 Å². The van der Waals surface area contributed by atoms with Crippen LogP contribution >= 0.6 is 11.6 Å². The Hall–Kier alpha value is -1.06. The minimum absolute atomic E-state index is 0.0201. The first-order valence-corrected chi connectivity index (χ1v) is 7.21. The molecule has 0 spiro atoms. The molecule has 0 aliphatic rings. The van der Waals surface area contributed by atoms with Gasteiger partial charge in [-0.15, -0.1) is 11.6 Å². The van der Waals surface area contributed by atoms with Crippen molar-refractivity contribution in [1.82, 2.24) is 10.2 Å². The number of alkyl halides is 1. The standard InChI is InChI=1S/C15H23ClN2O/c1-12(2)18(3)10-4-9-17-15(19)14-7-5-13(11-16)6-8-14/h5-8,12H,4,9-11H2,1-3H3,(H,17,19). The molecular formula is C15H23ClN2O. The highest BCUT2D eigenvalue weighted by atomic mass is 35.5. The summed E-state index contributed by atoms with van der Waals surface area (Å²) in [6.07, 6.45) is 0.959. The Morgan fingerprint density at radius 3 is 2.47 bits per heavy atom. The number of hydrogen-bond donors (Lipinski definition) is 1. The highest BCUT2D eigenvalue weighted by molar-refractivity contribution is 6.17. The van der Waals surface area contributed by atoms with Gasteiger partial charge in [0, 0.05) is 24.0 Å². The topological polar surface area (TPSA) is 32.3 Å². The Kier molecular flexibility index (Phi) is 6.89. The van der Waals surface area contributed by atoms with Gasteiger partial charge >= 0.3 is 0 Å². The molecule has 1 amide bonds. The first kappa shape index (κ1) is 16.0. The highest BCUT2D eigenvalue weighted by Crippen LogP contribution is 2.06. The number of nitrogens with one attached hydrogen (secondary N) is 1. The van der Waals surface area contributed by atoms with E-state index in [2.05, 4.69) is 31.1 Å². The lowest BCUT2D eigenvalue weighted by molar-refractivity contribution is 0.0951. The lowest BCUT2D eigenvalue weighted by Crippen LogP contribution is -2.31. The number of halogens is 1. The van der Waals surface area contributed by atoms with Crippen molar-refractivity contribution in [3.8, 4) is 0 Å². The third kappa shape index (κ3) is 5.62. The second kappa shape index (κ2) is 8.18. The van der Waals surface area contributed by atoms with Crippen molar-refractivity contribution in [2.24, 2.45) is 0 Å². The fraction of sp³-hybridized carbons (Fsp3) is 0.533. The molecule has 4 heteroatoms. The van der Waals surface area contributed by atoms with Crippen LogP contribution < -0.4 is 5.32 Å². The predicted octanol–water partition coefficient (Wildman–Crippen LogP) is 2.89. The zero-order valence-corrected chi connectivity index (χ0v) is 12.7. The van der Waals surface area contributed by atoms with Gasteiger partial charge in [0.1, 0.15) is 0 Å². The maximum atomic E-state index is 11.9. The minimum atomic E-state index is -0.0201. The summed E-state index contributed by atoms with van der Waals surface area (Å²) in [5.41, 5.74) is 1.71. The van der Waals surface area contributed by atoms with Crippen molar-refractivity contribution >= 4 is 17.5 Å². The minimum Gasteiger partial charge on any atom is -0.352 e. The van der Waals surface area contributed by atoms with E-state index in [1.807, 2.05) is 24.3 Å². The molecular weight excluding hydrogens is 260 g/mol. The average molecular weight is 283 g/mol. The molecule has 106 valence electrons. The Bertz CT molecular complexity index is 390.